The second kappa shape index (κ2) is 18.8. The summed E-state index contributed by atoms with van der Waals surface area (Å²) in [4.78, 5) is 4.79. The molecule has 0 unspecified atom stereocenters. The minimum absolute atomic E-state index is 1.08. The average molecular weight is 893 g/mol. The molecule has 0 spiro atoms. The van der Waals surface area contributed by atoms with Gasteiger partial charge in [0.1, 0.15) is 0 Å². The van der Waals surface area contributed by atoms with E-state index in [2.05, 4.69) is 301 Å². The molecule has 2 nitrogen and oxygen atoms in total. The van der Waals surface area contributed by atoms with Crippen molar-refractivity contribution in [1.82, 2.24) is 0 Å². The summed E-state index contributed by atoms with van der Waals surface area (Å²) in [6.07, 6.45) is 0. The molecule has 330 valence electrons. The van der Waals surface area contributed by atoms with Crippen LogP contribution in [0.5, 0.6) is 0 Å². The lowest BCUT2D eigenvalue weighted by Crippen LogP contribution is -2.11. The highest BCUT2D eigenvalue weighted by Crippen LogP contribution is 2.45. The molecule has 12 aromatic rings. The van der Waals surface area contributed by atoms with Gasteiger partial charge in [-0.1, -0.05) is 231 Å². The van der Waals surface area contributed by atoms with Crippen LogP contribution in [0.4, 0.5) is 34.1 Å². The van der Waals surface area contributed by atoms with Gasteiger partial charge >= 0.3 is 0 Å². The van der Waals surface area contributed by atoms with Gasteiger partial charge in [-0.25, -0.2) is 0 Å². The van der Waals surface area contributed by atoms with E-state index in [0.29, 0.717) is 0 Å². The Balaban J connectivity index is 0.925. The SMILES string of the molecule is c1ccc(-c2ccc(N(c3ccc(-c4ccc(N(c5ccc(-c6ccccc6)cc5)c5ccc(-c6ccccc6)c6ccccc56)cc4)cc3)c3ccc(-c4ccccc4)c4ccccc34)cc2)cc1. The van der Waals surface area contributed by atoms with E-state index in [1.807, 2.05) is 0 Å². The van der Waals surface area contributed by atoms with Gasteiger partial charge in [0.25, 0.3) is 0 Å². The molecule has 0 aliphatic carbocycles. The van der Waals surface area contributed by atoms with E-state index in [0.717, 1.165) is 45.3 Å². The third kappa shape index (κ3) is 8.19. The minimum Gasteiger partial charge on any atom is -0.310 e. The summed E-state index contributed by atoms with van der Waals surface area (Å²) >= 11 is 0. The number of anilines is 6. The quantitative estimate of drug-likeness (QED) is 0.128. The third-order valence-electron chi connectivity index (χ3n) is 13.5. The molecule has 12 rings (SSSR count). The number of hydrogen-bond donors (Lipinski definition) is 0. The van der Waals surface area contributed by atoms with Crippen molar-refractivity contribution >= 4 is 55.7 Å². The van der Waals surface area contributed by atoms with Crippen LogP contribution in [0.15, 0.2) is 291 Å². The Kier molecular flexibility index (Phi) is 11.3. The molecule has 0 heterocycles. The van der Waals surface area contributed by atoms with Crippen molar-refractivity contribution in [1.29, 1.82) is 0 Å². The molecule has 0 fully saturated rings. The maximum Gasteiger partial charge on any atom is 0.0540 e. The molecule has 70 heavy (non-hydrogen) atoms. The maximum absolute atomic E-state index is 2.40. The van der Waals surface area contributed by atoms with Crippen LogP contribution in [0.2, 0.25) is 0 Å². The van der Waals surface area contributed by atoms with Crippen LogP contribution >= 0.6 is 0 Å². The van der Waals surface area contributed by atoms with E-state index in [1.165, 1.54) is 66.1 Å². The number of nitrogens with zero attached hydrogens (tertiary/aromatic N) is 2. The van der Waals surface area contributed by atoms with Crippen molar-refractivity contribution in [2.24, 2.45) is 0 Å². The Morgan fingerprint density at radius 1 is 0.157 bits per heavy atom. The first kappa shape index (κ1) is 42.1. The first-order valence-corrected chi connectivity index (χ1v) is 24.0. The Morgan fingerprint density at radius 3 is 0.671 bits per heavy atom. The van der Waals surface area contributed by atoms with E-state index in [1.54, 1.807) is 0 Å². The first-order chi connectivity index (χ1) is 34.7. The third-order valence-corrected chi connectivity index (χ3v) is 13.5. The number of fused-ring (bicyclic) bond motifs is 2. The van der Waals surface area contributed by atoms with Crippen LogP contribution in [0.3, 0.4) is 0 Å². The van der Waals surface area contributed by atoms with Gasteiger partial charge in [0, 0.05) is 33.5 Å². The predicted molar refractivity (Wildman–Crippen MR) is 298 cm³/mol. The van der Waals surface area contributed by atoms with E-state index in [4.69, 9.17) is 0 Å². The van der Waals surface area contributed by atoms with Crippen molar-refractivity contribution in [3.05, 3.63) is 291 Å². The molecule has 12 aromatic carbocycles. The van der Waals surface area contributed by atoms with Gasteiger partial charge < -0.3 is 9.80 Å². The summed E-state index contributed by atoms with van der Waals surface area (Å²) < 4.78 is 0. The van der Waals surface area contributed by atoms with Crippen LogP contribution in [0, 0.1) is 0 Å². The molecule has 2 heteroatoms. The highest BCUT2D eigenvalue weighted by atomic mass is 15.1. The molecule has 0 aliphatic heterocycles. The fourth-order valence-corrected chi connectivity index (χ4v) is 10.0. The summed E-state index contributed by atoms with van der Waals surface area (Å²) in [6.45, 7) is 0. The predicted octanol–water partition coefficient (Wildman–Crippen LogP) is 19.3. The van der Waals surface area contributed by atoms with E-state index in [9.17, 15) is 0 Å². The number of rotatable bonds is 11. The molecular formula is C68H48N2. The minimum atomic E-state index is 1.08. The van der Waals surface area contributed by atoms with Crippen LogP contribution in [-0.2, 0) is 0 Å². The zero-order valence-corrected chi connectivity index (χ0v) is 38.6. The Hall–Kier alpha value is -9.24. The highest BCUT2D eigenvalue weighted by molar-refractivity contribution is 6.07. The van der Waals surface area contributed by atoms with Crippen LogP contribution in [-0.4, -0.2) is 0 Å². The molecule has 0 aromatic heterocycles. The van der Waals surface area contributed by atoms with E-state index < -0.39 is 0 Å². The van der Waals surface area contributed by atoms with Gasteiger partial charge in [0.05, 0.1) is 11.4 Å². The Bertz CT molecular complexity index is 3450. The lowest BCUT2D eigenvalue weighted by Gasteiger charge is -2.28. The molecule has 0 bridgehead atoms. The largest absolute Gasteiger partial charge is 0.310 e. The number of hydrogen-bond acceptors (Lipinski definition) is 2. The zero-order valence-electron chi connectivity index (χ0n) is 38.6. The van der Waals surface area contributed by atoms with Crippen molar-refractivity contribution in [3.8, 4) is 55.6 Å². The average Bonchev–Trinajstić information content (AvgIpc) is 3.45. The molecule has 0 amide bonds. The molecule has 0 atom stereocenters. The van der Waals surface area contributed by atoms with Crippen LogP contribution < -0.4 is 9.80 Å². The fourth-order valence-electron chi connectivity index (χ4n) is 10.0. The standard InChI is InChI=1S/C68H48N2/c1-5-17-49(18-6-1)51-29-37-57(38-30-51)69(67-47-45-61(55-21-9-3-10-22-55)63-25-13-15-27-65(63)67)59-41-33-53(34-42-59)54-35-43-60(44-36-54)70(58-39-31-52(32-40-58)50-19-7-2-8-20-50)68-48-46-62(56-23-11-4-12-24-56)64-26-14-16-28-66(64)68/h1-48H. The monoisotopic (exact) mass is 892 g/mol. The maximum atomic E-state index is 2.40. The molecule has 0 radical (unpaired) electrons. The molecule has 0 saturated carbocycles. The van der Waals surface area contributed by atoms with Gasteiger partial charge in [-0.2, -0.15) is 0 Å². The summed E-state index contributed by atoms with van der Waals surface area (Å²) in [7, 11) is 0. The van der Waals surface area contributed by atoms with Gasteiger partial charge in [-0.3, -0.25) is 0 Å². The van der Waals surface area contributed by atoms with Gasteiger partial charge in [-0.05, 0) is 127 Å². The highest BCUT2D eigenvalue weighted by Gasteiger charge is 2.20. The van der Waals surface area contributed by atoms with E-state index in [-0.39, 0.29) is 0 Å². The topological polar surface area (TPSA) is 6.48 Å². The van der Waals surface area contributed by atoms with E-state index >= 15 is 0 Å². The smallest absolute Gasteiger partial charge is 0.0540 e. The number of benzene rings is 12. The van der Waals surface area contributed by atoms with Gasteiger partial charge in [-0.15, -0.1) is 0 Å². The summed E-state index contributed by atoms with van der Waals surface area (Å²) in [5, 5.41) is 4.82. The molecule has 0 aliphatic rings. The second-order valence-corrected chi connectivity index (χ2v) is 17.7. The van der Waals surface area contributed by atoms with Gasteiger partial charge in [0.2, 0.25) is 0 Å². The van der Waals surface area contributed by atoms with Crippen molar-refractivity contribution in [3.63, 3.8) is 0 Å². The second-order valence-electron chi connectivity index (χ2n) is 17.7. The normalized spacial score (nSPS) is 11.1. The van der Waals surface area contributed by atoms with Crippen LogP contribution in [0.1, 0.15) is 0 Å². The van der Waals surface area contributed by atoms with Crippen LogP contribution in [0.25, 0.3) is 77.2 Å². The Morgan fingerprint density at radius 2 is 0.386 bits per heavy atom. The molecule has 0 N–H and O–H groups in total. The van der Waals surface area contributed by atoms with Crippen molar-refractivity contribution in [2.75, 3.05) is 9.80 Å². The van der Waals surface area contributed by atoms with Gasteiger partial charge in [0.15, 0.2) is 0 Å². The fraction of sp³-hybridized carbons (Fsp3) is 0. The Labute approximate surface area is 410 Å². The molecule has 0 saturated heterocycles. The lowest BCUT2D eigenvalue weighted by molar-refractivity contribution is 1.29. The van der Waals surface area contributed by atoms with Crippen molar-refractivity contribution < 1.29 is 0 Å². The summed E-state index contributed by atoms with van der Waals surface area (Å²) in [5.41, 5.74) is 18.5. The van der Waals surface area contributed by atoms with Crippen molar-refractivity contribution in [2.45, 2.75) is 0 Å². The summed E-state index contributed by atoms with van der Waals surface area (Å²) in [5.74, 6) is 0. The first-order valence-electron chi connectivity index (χ1n) is 24.0. The lowest BCUT2D eigenvalue weighted by atomic mass is 9.96. The summed E-state index contributed by atoms with van der Waals surface area (Å²) in [6, 6.07) is 105. The molecular weight excluding hydrogens is 845 g/mol. The zero-order chi connectivity index (χ0) is 46.6.